The van der Waals surface area contributed by atoms with Crippen molar-refractivity contribution in [1.82, 2.24) is 0 Å². The molecule has 0 aliphatic rings. The lowest BCUT2D eigenvalue weighted by atomic mass is 10.1. The molecular formula is C13H14O6. The molecule has 1 rings (SSSR count). The lowest BCUT2D eigenvalue weighted by Gasteiger charge is -2.11. The summed E-state index contributed by atoms with van der Waals surface area (Å²) < 4.78 is 10.1. The number of carbonyl (C=O) groups is 2. The van der Waals surface area contributed by atoms with Crippen molar-refractivity contribution in [1.29, 1.82) is 0 Å². The molecular weight excluding hydrogens is 252 g/mol. The summed E-state index contributed by atoms with van der Waals surface area (Å²) in [7, 11) is 1.42. The summed E-state index contributed by atoms with van der Waals surface area (Å²) >= 11 is 0. The molecule has 0 heterocycles. The van der Waals surface area contributed by atoms with E-state index in [4.69, 9.17) is 19.7 Å². The molecule has 102 valence electrons. The summed E-state index contributed by atoms with van der Waals surface area (Å²) in [6.07, 6.45) is 1.27. The number of hydrogen-bond acceptors (Lipinski definition) is 4. The van der Waals surface area contributed by atoms with Gasteiger partial charge in [-0.15, -0.1) is 0 Å². The Bertz CT molecular complexity index is 518. The van der Waals surface area contributed by atoms with E-state index in [1.807, 2.05) is 6.92 Å². The number of rotatable bonds is 6. The highest BCUT2D eigenvalue weighted by Crippen LogP contribution is 2.29. The largest absolute Gasteiger partial charge is 0.493 e. The quantitative estimate of drug-likeness (QED) is 0.601. The van der Waals surface area contributed by atoms with E-state index in [1.54, 1.807) is 12.1 Å². The van der Waals surface area contributed by atoms with Crippen LogP contribution in [0.4, 0.5) is 0 Å². The molecule has 2 N–H and O–H groups in total. The second-order valence-electron chi connectivity index (χ2n) is 3.59. The number of methoxy groups -OCH3 is 1. The molecule has 0 aliphatic carbocycles. The summed E-state index contributed by atoms with van der Waals surface area (Å²) in [5.74, 6) is -3.06. The Hall–Kier alpha value is -2.50. The summed E-state index contributed by atoms with van der Waals surface area (Å²) in [4.78, 5) is 21.4. The maximum Gasteiger partial charge on any atom is 0.372 e. The summed E-state index contributed by atoms with van der Waals surface area (Å²) in [5.41, 5.74) is 0.989. The van der Waals surface area contributed by atoms with Crippen LogP contribution in [0, 0.1) is 0 Å². The van der Waals surface area contributed by atoms with Crippen LogP contribution < -0.4 is 9.47 Å². The van der Waals surface area contributed by atoms with Gasteiger partial charge in [-0.05, 0) is 24.1 Å². The number of carboxylic acids is 2. The maximum absolute atomic E-state index is 10.9. The molecule has 0 aliphatic heterocycles. The SMILES string of the molecule is CCc1ccc(O/C(=C/C(=O)O)C(=O)O)c(OC)c1. The average molecular weight is 266 g/mol. The van der Waals surface area contributed by atoms with Crippen molar-refractivity contribution in [3.05, 3.63) is 35.6 Å². The van der Waals surface area contributed by atoms with Crippen molar-refractivity contribution in [3.63, 3.8) is 0 Å². The Labute approximate surface area is 109 Å². The Morgan fingerprint density at radius 1 is 1.26 bits per heavy atom. The molecule has 19 heavy (non-hydrogen) atoms. The van der Waals surface area contributed by atoms with Gasteiger partial charge >= 0.3 is 11.9 Å². The first-order valence-electron chi connectivity index (χ1n) is 5.50. The van der Waals surface area contributed by atoms with Crippen LogP contribution in [0.2, 0.25) is 0 Å². The van der Waals surface area contributed by atoms with Crippen LogP contribution in [0.5, 0.6) is 11.5 Å². The summed E-state index contributed by atoms with van der Waals surface area (Å²) in [6.45, 7) is 1.96. The van der Waals surface area contributed by atoms with E-state index in [-0.39, 0.29) is 5.75 Å². The highest BCUT2D eigenvalue weighted by Gasteiger charge is 2.15. The fourth-order valence-corrected chi connectivity index (χ4v) is 1.38. The molecule has 0 bridgehead atoms. The second kappa shape index (κ2) is 6.44. The van der Waals surface area contributed by atoms with Gasteiger partial charge in [-0.1, -0.05) is 13.0 Å². The van der Waals surface area contributed by atoms with E-state index in [0.29, 0.717) is 11.8 Å². The lowest BCUT2D eigenvalue weighted by Crippen LogP contribution is -2.10. The zero-order chi connectivity index (χ0) is 14.4. The van der Waals surface area contributed by atoms with Crippen LogP contribution in [0.15, 0.2) is 30.0 Å². The van der Waals surface area contributed by atoms with Gasteiger partial charge in [-0.25, -0.2) is 9.59 Å². The molecule has 6 nitrogen and oxygen atoms in total. The van der Waals surface area contributed by atoms with Crippen LogP contribution in [0.25, 0.3) is 0 Å². The molecule has 1 aromatic carbocycles. The van der Waals surface area contributed by atoms with Gasteiger partial charge in [0.2, 0.25) is 5.76 Å². The number of aliphatic carboxylic acids is 2. The molecule has 0 radical (unpaired) electrons. The van der Waals surface area contributed by atoms with Crippen molar-refractivity contribution >= 4 is 11.9 Å². The first kappa shape index (κ1) is 14.6. The zero-order valence-electron chi connectivity index (χ0n) is 10.5. The Morgan fingerprint density at radius 3 is 2.42 bits per heavy atom. The Balaban J connectivity index is 3.09. The lowest BCUT2D eigenvalue weighted by molar-refractivity contribution is -0.137. The number of carboxylic acid groups (broad SMARTS) is 2. The summed E-state index contributed by atoms with van der Waals surface area (Å²) in [6, 6.07) is 4.99. The van der Waals surface area contributed by atoms with Gasteiger partial charge in [-0.2, -0.15) is 0 Å². The first-order valence-corrected chi connectivity index (χ1v) is 5.50. The minimum Gasteiger partial charge on any atom is -0.493 e. The zero-order valence-corrected chi connectivity index (χ0v) is 10.5. The van der Waals surface area contributed by atoms with E-state index < -0.39 is 17.7 Å². The maximum atomic E-state index is 10.9. The van der Waals surface area contributed by atoms with E-state index in [9.17, 15) is 9.59 Å². The predicted octanol–water partition coefficient (Wildman–Crippen LogP) is 1.69. The highest BCUT2D eigenvalue weighted by atomic mass is 16.5. The molecule has 0 atom stereocenters. The van der Waals surface area contributed by atoms with Crippen LogP contribution in [0.3, 0.4) is 0 Å². The van der Waals surface area contributed by atoms with Gasteiger partial charge in [-0.3, -0.25) is 0 Å². The van der Waals surface area contributed by atoms with Gasteiger partial charge in [0.15, 0.2) is 11.5 Å². The van der Waals surface area contributed by atoms with Gasteiger partial charge in [0, 0.05) is 0 Å². The molecule has 0 amide bonds. The molecule has 1 aromatic rings. The van der Waals surface area contributed by atoms with Crippen molar-refractivity contribution in [2.45, 2.75) is 13.3 Å². The van der Waals surface area contributed by atoms with Crippen molar-refractivity contribution in [3.8, 4) is 11.5 Å². The van der Waals surface area contributed by atoms with Crippen molar-refractivity contribution < 1.29 is 29.3 Å². The number of aryl methyl sites for hydroxylation is 1. The van der Waals surface area contributed by atoms with Crippen molar-refractivity contribution in [2.75, 3.05) is 7.11 Å². The average Bonchev–Trinajstić information content (AvgIpc) is 2.37. The van der Waals surface area contributed by atoms with E-state index in [1.165, 1.54) is 13.2 Å². The number of hydrogen-bond donors (Lipinski definition) is 2. The number of ether oxygens (including phenoxy) is 2. The molecule has 0 saturated carbocycles. The van der Waals surface area contributed by atoms with Crippen LogP contribution in [-0.4, -0.2) is 29.3 Å². The summed E-state index contributed by atoms with van der Waals surface area (Å²) in [5, 5.41) is 17.4. The smallest absolute Gasteiger partial charge is 0.372 e. The van der Waals surface area contributed by atoms with Gasteiger partial charge in [0.1, 0.15) is 0 Å². The third kappa shape index (κ3) is 4.02. The van der Waals surface area contributed by atoms with Crippen molar-refractivity contribution in [2.24, 2.45) is 0 Å². The number of benzene rings is 1. The van der Waals surface area contributed by atoms with Gasteiger partial charge in [0.05, 0.1) is 13.2 Å². The molecule has 0 fully saturated rings. The molecule has 0 aromatic heterocycles. The standard InChI is InChI=1S/C13H14O6/c1-3-8-4-5-9(10(6-8)18-2)19-11(13(16)17)7-12(14)15/h4-7H,3H2,1-2H3,(H,14,15)(H,16,17)/b11-7+. The monoisotopic (exact) mass is 266 g/mol. The minimum absolute atomic E-state index is 0.148. The Kier molecular flexibility index (Phi) is 4.93. The van der Waals surface area contributed by atoms with Gasteiger partial charge in [0.25, 0.3) is 0 Å². The molecule has 0 saturated heterocycles. The predicted molar refractivity (Wildman–Crippen MR) is 66.4 cm³/mol. The topological polar surface area (TPSA) is 93.1 Å². The Morgan fingerprint density at radius 2 is 1.95 bits per heavy atom. The third-order valence-corrected chi connectivity index (χ3v) is 2.32. The van der Waals surface area contributed by atoms with E-state index in [0.717, 1.165) is 12.0 Å². The van der Waals surface area contributed by atoms with Crippen LogP contribution >= 0.6 is 0 Å². The fraction of sp³-hybridized carbons (Fsp3) is 0.231. The first-order chi connectivity index (χ1) is 8.97. The van der Waals surface area contributed by atoms with Crippen LogP contribution in [0.1, 0.15) is 12.5 Å². The molecule has 6 heteroatoms. The van der Waals surface area contributed by atoms with E-state index >= 15 is 0 Å². The van der Waals surface area contributed by atoms with E-state index in [2.05, 4.69) is 0 Å². The minimum atomic E-state index is -1.47. The second-order valence-corrected chi connectivity index (χ2v) is 3.59. The van der Waals surface area contributed by atoms with Crippen LogP contribution in [-0.2, 0) is 16.0 Å². The highest BCUT2D eigenvalue weighted by molar-refractivity contribution is 5.93. The molecule has 0 unspecified atom stereocenters. The molecule has 0 spiro atoms. The fourth-order valence-electron chi connectivity index (χ4n) is 1.38. The van der Waals surface area contributed by atoms with Gasteiger partial charge < -0.3 is 19.7 Å². The third-order valence-electron chi connectivity index (χ3n) is 2.32. The normalized spacial score (nSPS) is 10.9.